The molecule has 3 aromatic rings. The molecular weight excluding hydrogens is 445 g/mol. The van der Waals surface area contributed by atoms with Crippen molar-refractivity contribution in [3.63, 3.8) is 0 Å². The van der Waals surface area contributed by atoms with Crippen molar-refractivity contribution in [1.82, 2.24) is 0 Å². The molecule has 1 aliphatic carbocycles. The van der Waals surface area contributed by atoms with Crippen LogP contribution in [0.25, 0.3) is 21.7 Å². The zero-order valence-corrected chi connectivity index (χ0v) is 18.5. The van der Waals surface area contributed by atoms with E-state index in [4.69, 9.17) is 0 Å². The van der Waals surface area contributed by atoms with Gasteiger partial charge in [0.15, 0.2) is 0 Å². The van der Waals surface area contributed by atoms with Gasteiger partial charge in [0.2, 0.25) is 0 Å². The number of hydrogen-bond acceptors (Lipinski definition) is 0. The third-order valence-electron chi connectivity index (χ3n) is 3.35. The van der Waals surface area contributed by atoms with Crippen molar-refractivity contribution in [3.05, 3.63) is 97.1 Å². The van der Waals surface area contributed by atoms with Crippen LogP contribution in [0.15, 0.2) is 85.0 Å². The van der Waals surface area contributed by atoms with Crippen LogP contribution in [0.3, 0.4) is 0 Å². The van der Waals surface area contributed by atoms with Crippen LogP contribution in [0.4, 0.5) is 0 Å². The van der Waals surface area contributed by atoms with Gasteiger partial charge in [-0.2, -0.15) is 18.2 Å². The van der Waals surface area contributed by atoms with Gasteiger partial charge in [-0.25, -0.2) is 20.3 Å². The molecule has 124 valence electrons. The van der Waals surface area contributed by atoms with Gasteiger partial charge in [0.1, 0.15) is 0 Å². The van der Waals surface area contributed by atoms with E-state index in [1.807, 2.05) is 18.2 Å². The Morgan fingerprint density at radius 1 is 0.800 bits per heavy atom. The molecule has 1 aromatic heterocycles. The molecule has 4 heteroatoms. The van der Waals surface area contributed by atoms with Crippen molar-refractivity contribution in [2.24, 2.45) is 0 Å². The summed E-state index contributed by atoms with van der Waals surface area (Å²) in [5.74, 6) is 0. The minimum atomic E-state index is 0. The average molecular weight is 462 g/mol. The van der Waals surface area contributed by atoms with Crippen LogP contribution in [0.1, 0.15) is 6.42 Å². The summed E-state index contributed by atoms with van der Waals surface area (Å²) in [6, 6.07) is 26.6. The normalized spacial score (nSPS) is 10.9. The fourth-order valence-electron chi connectivity index (χ4n) is 2.22. The van der Waals surface area contributed by atoms with Crippen molar-refractivity contribution in [1.29, 1.82) is 0 Å². The summed E-state index contributed by atoms with van der Waals surface area (Å²) < 4.78 is 0. The summed E-state index contributed by atoms with van der Waals surface area (Å²) in [5, 5.41) is 2.69. The SMILES string of the molecule is [C-]1=CC=CC1.[Cl-].[Cl-].[Zr+4].[c-]1cc(-c2ccccc2)[pH]c1-c1ccccc1. The molecule has 0 nitrogen and oxygen atoms in total. The number of halogens is 2. The molecule has 0 spiro atoms. The van der Waals surface area contributed by atoms with Gasteiger partial charge in [0.25, 0.3) is 0 Å². The Balaban J connectivity index is 0.000000630. The predicted molar refractivity (Wildman–Crippen MR) is 97.2 cm³/mol. The topological polar surface area (TPSA) is 0 Å². The second-order valence-electron chi connectivity index (χ2n) is 4.94. The Bertz CT molecular complexity index is 701. The molecule has 25 heavy (non-hydrogen) atoms. The van der Waals surface area contributed by atoms with Gasteiger partial charge in [-0.3, -0.25) is 6.08 Å². The van der Waals surface area contributed by atoms with Crippen LogP contribution in [0, 0.1) is 12.1 Å². The van der Waals surface area contributed by atoms with E-state index in [-0.39, 0.29) is 51.0 Å². The van der Waals surface area contributed by atoms with Gasteiger partial charge in [0.05, 0.1) is 0 Å². The van der Waals surface area contributed by atoms with Crippen LogP contribution >= 0.6 is 8.19 Å². The van der Waals surface area contributed by atoms with E-state index >= 15 is 0 Å². The second-order valence-corrected chi connectivity index (χ2v) is 6.23. The number of benzene rings is 2. The summed E-state index contributed by atoms with van der Waals surface area (Å²) in [6.07, 6.45) is 10.0. The van der Waals surface area contributed by atoms with Crippen molar-refractivity contribution in [2.75, 3.05) is 0 Å². The van der Waals surface area contributed by atoms with Crippen LogP contribution < -0.4 is 24.8 Å². The Labute approximate surface area is 183 Å². The van der Waals surface area contributed by atoms with Crippen molar-refractivity contribution in [3.8, 4) is 21.7 Å². The molecule has 0 amide bonds. The van der Waals surface area contributed by atoms with E-state index in [9.17, 15) is 0 Å². The molecule has 0 fully saturated rings. The summed E-state index contributed by atoms with van der Waals surface area (Å²) in [5.41, 5.74) is 2.59. The van der Waals surface area contributed by atoms with Gasteiger partial charge in [-0.05, 0) is 0 Å². The summed E-state index contributed by atoms with van der Waals surface area (Å²) in [6.45, 7) is 0. The molecule has 0 N–H and O–H groups in total. The minimum Gasteiger partial charge on any atom is -1.00 e. The van der Waals surface area contributed by atoms with E-state index < -0.39 is 0 Å². The van der Waals surface area contributed by atoms with Crippen LogP contribution in [-0.2, 0) is 26.2 Å². The van der Waals surface area contributed by atoms with E-state index in [0.29, 0.717) is 8.19 Å². The van der Waals surface area contributed by atoms with E-state index in [2.05, 4.69) is 78.9 Å². The first-order chi connectivity index (χ1) is 10.9. The molecule has 0 saturated carbocycles. The second kappa shape index (κ2) is 13.4. The van der Waals surface area contributed by atoms with Crippen LogP contribution in [-0.4, -0.2) is 0 Å². The third-order valence-corrected chi connectivity index (χ3v) is 4.74. The van der Waals surface area contributed by atoms with Crippen molar-refractivity contribution >= 4 is 8.19 Å². The standard InChI is InChI=1S/C16H12P.C5H5.2ClH.Zr/c1-3-7-13(8-4-1)15-11-12-16(17-15)14-9-5-2-6-10-14;1-2-4-5-3-1;;;/h1-11,17H;1-3H,4H2;2*1H;/q2*-1;;;+4/p-2. The molecule has 0 aliphatic heterocycles. The van der Waals surface area contributed by atoms with E-state index in [0.717, 1.165) is 6.42 Å². The molecule has 0 bridgehead atoms. The number of allylic oxidation sites excluding steroid dienone is 4. The summed E-state index contributed by atoms with van der Waals surface area (Å²) in [7, 11) is 0.712. The molecule has 0 radical (unpaired) electrons. The fraction of sp³-hybridized carbons (Fsp3) is 0.0476. The maximum Gasteiger partial charge on any atom is 4.00 e. The zero-order chi connectivity index (χ0) is 15.0. The van der Waals surface area contributed by atoms with E-state index in [1.165, 1.54) is 21.7 Å². The van der Waals surface area contributed by atoms with E-state index in [1.54, 1.807) is 0 Å². The Morgan fingerprint density at radius 3 is 1.88 bits per heavy atom. The largest absolute Gasteiger partial charge is 4.00 e. The van der Waals surface area contributed by atoms with Gasteiger partial charge in [-0.1, -0.05) is 59.4 Å². The van der Waals surface area contributed by atoms with Crippen molar-refractivity contribution < 1.29 is 51.0 Å². The number of rotatable bonds is 2. The van der Waals surface area contributed by atoms with Crippen LogP contribution in [0.2, 0.25) is 0 Å². The molecule has 0 saturated heterocycles. The monoisotopic (exact) mass is 460 g/mol. The van der Waals surface area contributed by atoms with Gasteiger partial charge in [-0.15, -0.1) is 29.4 Å². The van der Waals surface area contributed by atoms with Gasteiger partial charge >= 0.3 is 26.2 Å². The van der Waals surface area contributed by atoms with Crippen LogP contribution in [0.5, 0.6) is 0 Å². The molecule has 2 aromatic carbocycles. The average Bonchev–Trinajstić information content (AvgIpc) is 3.31. The molecule has 1 unspecified atom stereocenters. The first kappa shape index (κ1) is 24.2. The first-order valence-electron chi connectivity index (χ1n) is 7.37. The Hall–Kier alpha value is -0.837. The summed E-state index contributed by atoms with van der Waals surface area (Å²) in [4.78, 5) is 0. The fourth-order valence-corrected chi connectivity index (χ4v) is 3.40. The summed E-state index contributed by atoms with van der Waals surface area (Å²) >= 11 is 0. The predicted octanol–water partition coefficient (Wildman–Crippen LogP) is 0.163. The maximum atomic E-state index is 3.39. The molecule has 4 rings (SSSR count). The Kier molecular flexibility index (Phi) is 12.9. The minimum absolute atomic E-state index is 0. The first-order valence-corrected chi connectivity index (χ1v) is 8.37. The third kappa shape index (κ3) is 7.51. The molecule has 1 aliphatic rings. The molecular formula is C21H17Cl2PZr. The zero-order valence-electron chi connectivity index (χ0n) is 13.5. The smallest absolute Gasteiger partial charge is 1.00 e. The van der Waals surface area contributed by atoms with Gasteiger partial charge in [0, 0.05) is 0 Å². The maximum absolute atomic E-state index is 3.39. The number of hydrogen-bond donors (Lipinski definition) is 0. The van der Waals surface area contributed by atoms with Gasteiger partial charge < -0.3 is 24.8 Å². The molecule has 1 atom stereocenters. The molecule has 1 heterocycles. The quantitative estimate of drug-likeness (QED) is 0.477. The Morgan fingerprint density at radius 2 is 1.40 bits per heavy atom. The van der Waals surface area contributed by atoms with Crippen molar-refractivity contribution in [2.45, 2.75) is 6.42 Å².